The van der Waals surface area contributed by atoms with Gasteiger partial charge in [-0.25, -0.2) is 4.39 Å². The number of nitrogens with zero attached hydrogens (tertiary/aromatic N) is 3. The highest BCUT2D eigenvalue weighted by Gasteiger charge is 2.19. The highest BCUT2D eigenvalue weighted by molar-refractivity contribution is 9.10. The quantitative estimate of drug-likeness (QED) is 0.914. The molecule has 0 saturated carbocycles. The van der Waals surface area contributed by atoms with Crippen molar-refractivity contribution in [1.82, 2.24) is 14.8 Å². The summed E-state index contributed by atoms with van der Waals surface area (Å²) >= 11 is 3.34. The van der Waals surface area contributed by atoms with Crippen LogP contribution < -0.4 is 5.73 Å². The average molecular weight is 285 g/mol. The lowest BCUT2D eigenvalue weighted by Gasteiger charge is -2.13. The van der Waals surface area contributed by atoms with E-state index in [-0.39, 0.29) is 0 Å². The standard InChI is InChI=1S/C10H10BrFN4/c1-16-10(7(11)4-15-16)9(13)6-2-3-14-5-8(6)12/h2-5,9H,13H2,1H3. The van der Waals surface area contributed by atoms with Crippen LogP contribution in [0.1, 0.15) is 17.3 Å². The van der Waals surface area contributed by atoms with Crippen LogP contribution in [-0.2, 0) is 7.05 Å². The smallest absolute Gasteiger partial charge is 0.146 e. The second-order valence-corrected chi connectivity index (χ2v) is 4.23. The van der Waals surface area contributed by atoms with Crippen molar-refractivity contribution in [2.75, 3.05) is 0 Å². The Balaban J connectivity index is 2.47. The van der Waals surface area contributed by atoms with Crippen molar-refractivity contribution in [2.45, 2.75) is 6.04 Å². The first-order chi connectivity index (χ1) is 7.61. The van der Waals surface area contributed by atoms with Gasteiger partial charge in [-0.15, -0.1) is 0 Å². The molecule has 2 N–H and O–H groups in total. The van der Waals surface area contributed by atoms with E-state index in [1.165, 1.54) is 6.20 Å². The van der Waals surface area contributed by atoms with E-state index < -0.39 is 11.9 Å². The van der Waals surface area contributed by atoms with Gasteiger partial charge < -0.3 is 5.73 Å². The molecule has 0 aromatic carbocycles. The van der Waals surface area contributed by atoms with Gasteiger partial charge in [0, 0.05) is 18.8 Å². The maximum absolute atomic E-state index is 13.5. The maximum Gasteiger partial charge on any atom is 0.146 e. The van der Waals surface area contributed by atoms with Gasteiger partial charge in [0.2, 0.25) is 0 Å². The summed E-state index contributed by atoms with van der Waals surface area (Å²) in [5.74, 6) is -0.414. The van der Waals surface area contributed by atoms with Gasteiger partial charge in [-0.1, -0.05) is 0 Å². The van der Waals surface area contributed by atoms with Crippen molar-refractivity contribution in [3.05, 3.63) is 46.2 Å². The van der Waals surface area contributed by atoms with E-state index in [4.69, 9.17) is 5.73 Å². The van der Waals surface area contributed by atoms with Crippen LogP contribution in [0.4, 0.5) is 4.39 Å². The lowest BCUT2D eigenvalue weighted by molar-refractivity contribution is 0.580. The topological polar surface area (TPSA) is 56.7 Å². The molecule has 0 saturated heterocycles. The molecule has 2 heterocycles. The Morgan fingerprint density at radius 1 is 1.50 bits per heavy atom. The summed E-state index contributed by atoms with van der Waals surface area (Å²) in [5.41, 5.74) is 7.13. The number of halogens is 2. The minimum Gasteiger partial charge on any atom is -0.319 e. The van der Waals surface area contributed by atoms with E-state index in [0.29, 0.717) is 5.56 Å². The van der Waals surface area contributed by atoms with Crippen molar-refractivity contribution in [2.24, 2.45) is 12.8 Å². The molecule has 0 radical (unpaired) electrons. The summed E-state index contributed by atoms with van der Waals surface area (Å²) in [4.78, 5) is 3.69. The molecule has 2 aromatic heterocycles. The van der Waals surface area contributed by atoms with Crippen LogP contribution in [0, 0.1) is 5.82 Å². The van der Waals surface area contributed by atoms with Gasteiger partial charge in [0.1, 0.15) is 5.82 Å². The van der Waals surface area contributed by atoms with Gasteiger partial charge in [0.15, 0.2) is 0 Å². The molecule has 2 rings (SSSR count). The zero-order valence-electron chi connectivity index (χ0n) is 8.56. The summed E-state index contributed by atoms with van der Waals surface area (Å²) in [6, 6.07) is 1.00. The lowest BCUT2D eigenvalue weighted by atomic mass is 10.1. The molecule has 84 valence electrons. The number of pyridine rings is 1. The fourth-order valence-electron chi connectivity index (χ4n) is 1.56. The normalized spacial score (nSPS) is 12.8. The van der Waals surface area contributed by atoms with Crippen molar-refractivity contribution >= 4 is 15.9 Å². The fourth-order valence-corrected chi connectivity index (χ4v) is 2.15. The Morgan fingerprint density at radius 2 is 2.25 bits per heavy atom. The predicted octanol–water partition coefficient (Wildman–Crippen LogP) is 1.76. The molecular formula is C10H10BrFN4. The lowest BCUT2D eigenvalue weighted by Crippen LogP contribution is -2.18. The van der Waals surface area contributed by atoms with E-state index in [9.17, 15) is 4.39 Å². The van der Waals surface area contributed by atoms with Crippen molar-refractivity contribution in [3.63, 3.8) is 0 Å². The second kappa shape index (κ2) is 4.31. The predicted molar refractivity (Wildman–Crippen MR) is 61.1 cm³/mol. The monoisotopic (exact) mass is 284 g/mol. The Morgan fingerprint density at radius 3 is 2.81 bits per heavy atom. The fraction of sp³-hybridized carbons (Fsp3) is 0.200. The summed E-state index contributed by atoms with van der Waals surface area (Å²) in [6.07, 6.45) is 4.30. The largest absolute Gasteiger partial charge is 0.319 e. The number of nitrogens with two attached hydrogens (primary N) is 1. The minimum atomic E-state index is -0.565. The summed E-state index contributed by atoms with van der Waals surface area (Å²) in [5, 5.41) is 4.04. The van der Waals surface area contributed by atoms with Crippen LogP contribution >= 0.6 is 15.9 Å². The molecule has 0 aliphatic heterocycles. The average Bonchev–Trinajstić information content (AvgIpc) is 2.58. The van der Waals surface area contributed by atoms with Gasteiger partial charge in [0.25, 0.3) is 0 Å². The van der Waals surface area contributed by atoms with Crippen LogP contribution in [-0.4, -0.2) is 14.8 Å². The van der Waals surface area contributed by atoms with E-state index >= 15 is 0 Å². The molecule has 0 amide bonds. The molecule has 2 aromatic rings. The van der Waals surface area contributed by atoms with Gasteiger partial charge in [0.05, 0.1) is 28.6 Å². The van der Waals surface area contributed by atoms with Crippen molar-refractivity contribution in [1.29, 1.82) is 0 Å². The van der Waals surface area contributed by atoms with Crippen LogP contribution in [0.5, 0.6) is 0 Å². The number of aryl methyl sites for hydroxylation is 1. The summed E-state index contributed by atoms with van der Waals surface area (Å²) in [6.45, 7) is 0. The van der Waals surface area contributed by atoms with Crippen molar-refractivity contribution in [3.8, 4) is 0 Å². The zero-order chi connectivity index (χ0) is 11.7. The zero-order valence-corrected chi connectivity index (χ0v) is 10.1. The number of hydrogen-bond acceptors (Lipinski definition) is 3. The van der Waals surface area contributed by atoms with Crippen molar-refractivity contribution < 1.29 is 4.39 Å². The molecule has 4 nitrogen and oxygen atoms in total. The van der Waals surface area contributed by atoms with E-state index in [2.05, 4.69) is 26.0 Å². The van der Waals surface area contributed by atoms with E-state index in [1.807, 2.05) is 0 Å². The SMILES string of the molecule is Cn1ncc(Br)c1C(N)c1ccncc1F. The third-order valence-corrected chi connectivity index (χ3v) is 2.98. The minimum absolute atomic E-state index is 0.402. The molecule has 1 unspecified atom stereocenters. The number of hydrogen-bond donors (Lipinski definition) is 1. The number of rotatable bonds is 2. The first-order valence-electron chi connectivity index (χ1n) is 4.63. The third-order valence-electron chi connectivity index (χ3n) is 2.37. The Hall–Kier alpha value is -1.27. The summed E-state index contributed by atoms with van der Waals surface area (Å²) in [7, 11) is 1.76. The van der Waals surface area contributed by atoms with Crippen LogP contribution in [0.25, 0.3) is 0 Å². The van der Waals surface area contributed by atoms with Gasteiger partial charge in [-0.3, -0.25) is 9.67 Å². The molecule has 0 aliphatic rings. The third kappa shape index (κ3) is 1.85. The molecule has 0 aliphatic carbocycles. The first kappa shape index (κ1) is 11.2. The molecule has 1 atom stereocenters. The summed E-state index contributed by atoms with van der Waals surface area (Å²) < 4.78 is 15.9. The van der Waals surface area contributed by atoms with E-state index in [1.54, 1.807) is 24.0 Å². The van der Waals surface area contributed by atoms with Crippen LogP contribution in [0.3, 0.4) is 0 Å². The molecule has 16 heavy (non-hydrogen) atoms. The van der Waals surface area contributed by atoms with Crippen LogP contribution in [0.2, 0.25) is 0 Å². The van der Waals surface area contributed by atoms with E-state index in [0.717, 1.165) is 16.4 Å². The molecule has 6 heteroatoms. The molecular weight excluding hydrogens is 275 g/mol. The Kier molecular flexibility index (Phi) is 3.02. The number of aromatic nitrogens is 3. The highest BCUT2D eigenvalue weighted by atomic mass is 79.9. The van der Waals surface area contributed by atoms with Crippen LogP contribution in [0.15, 0.2) is 29.1 Å². The maximum atomic E-state index is 13.5. The Labute approximate surface area is 100 Å². The second-order valence-electron chi connectivity index (χ2n) is 3.38. The highest BCUT2D eigenvalue weighted by Crippen LogP contribution is 2.27. The molecule has 0 bridgehead atoms. The molecule has 0 spiro atoms. The van der Waals surface area contributed by atoms with Gasteiger partial charge >= 0.3 is 0 Å². The van der Waals surface area contributed by atoms with Gasteiger partial charge in [-0.05, 0) is 22.0 Å². The Bertz CT molecular complexity index is 492. The first-order valence-corrected chi connectivity index (χ1v) is 5.43. The molecule has 0 fully saturated rings. The van der Waals surface area contributed by atoms with Gasteiger partial charge in [-0.2, -0.15) is 5.10 Å².